The highest BCUT2D eigenvalue weighted by Crippen LogP contribution is 2.25. The number of carboxylic acid groups (broad SMARTS) is 2. The summed E-state index contributed by atoms with van der Waals surface area (Å²) < 4.78 is 5.48. The summed E-state index contributed by atoms with van der Waals surface area (Å²) in [7, 11) is 0. The number of amides is 1. The first kappa shape index (κ1) is 30.1. The number of nitrogens with zero attached hydrogens (tertiary/aromatic N) is 1. The Morgan fingerprint density at radius 1 is 0.854 bits per heavy atom. The predicted molar refractivity (Wildman–Crippen MR) is 154 cm³/mol. The molecule has 4 aromatic carbocycles. The number of hydrogen-bond acceptors (Lipinski definition) is 6. The molecule has 0 spiro atoms. The molecule has 210 valence electrons. The van der Waals surface area contributed by atoms with Crippen molar-refractivity contribution in [2.45, 2.75) is 12.5 Å². The number of fused-ring (bicyclic) bond motifs is 1. The number of esters is 1. The van der Waals surface area contributed by atoms with Crippen LogP contribution in [0.3, 0.4) is 0 Å². The van der Waals surface area contributed by atoms with E-state index in [4.69, 9.17) is 21.3 Å². The topological polar surface area (TPSA) is 194 Å². The van der Waals surface area contributed by atoms with E-state index in [9.17, 15) is 24.3 Å². The van der Waals surface area contributed by atoms with Crippen LogP contribution in [0.25, 0.3) is 10.8 Å². The van der Waals surface area contributed by atoms with Gasteiger partial charge in [-0.05, 0) is 77.0 Å². The standard InChI is InChI=1S/C29H24N4O7.ClH/c30-29(31)32-20-10-8-18(9-11-20)28(39)40-21-12-13-22-19(15-21)2-1-3-23(22)25(34)33-24(27(37)38)14-16-4-6-17(7-5-16)26(35)36;/h1-13,15,24H,14H2,(H,33,34)(H,35,36)(H,37,38)(H4,30,31,32);1H/t24-;/m0./s1. The Morgan fingerprint density at radius 2 is 1.51 bits per heavy atom. The van der Waals surface area contributed by atoms with Crippen molar-refractivity contribution >= 4 is 58.6 Å². The van der Waals surface area contributed by atoms with Crippen molar-refractivity contribution in [1.29, 1.82) is 0 Å². The smallest absolute Gasteiger partial charge is 0.343 e. The number of nitrogens with one attached hydrogen (secondary N) is 1. The maximum absolute atomic E-state index is 13.1. The van der Waals surface area contributed by atoms with Gasteiger partial charge in [-0.25, -0.2) is 19.4 Å². The molecule has 0 aliphatic rings. The normalized spacial score (nSPS) is 11.0. The Kier molecular flexibility index (Phi) is 9.62. The highest BCUT2D eigenvalue weighted by atomic mass is 35.5. The number of carbonyl (C=O) groups is 4. The van der Waals surface area contributed by atoms with Gasteiger partial charge in [-0.3, -0.25) is 4.79 Å². The Morgan fingerprint density at radius 3 is 2.12 bits per heavy atom. The van der Waals surface area contributed by atoms with Gasteiger partial charge in [0, 0.05) is 12.0 Å². The van der Waals surface area contributed by atoms with Gasteiger partial charge in [0.15, 0.2) is 5.96 Å². The van der Waals surface area contributed by atoms with Crippen LogP contribution < -0.4 is 21.5 Å². The van der Waals surface area contributed by atoms with E-state index in [0.29, 0.717) is 22.0 Å². The second kappa shape index (κ2) is 13.1. The van der Waals surface area contributed by atoms with E-state index in [0.717, 1.165) is 0 Å². The first-order valence-electron chi connectivity index (χ1n) is 11.9. The number of hydrogen-bond donors (Lipinski definition) is 5. The Hall–Kier alpha value is -5.42. The summed E-state index contributed by atoms with van der Waals surface area (Å²) in [6.07, 6.45) is -0.0429. The van der Waals surface area contributed by atoms with E-state index >= 15 is 0 Å². The maximum atomic E-state index is 13.1. The second-order valence-electron chi connectivity index (χ2n) is 8.73. The van der Waals surface area contributed by atoms with Crippen LogP contribution in [0.15, 0.2) is 89.9 Å². The van der Waals surface area contributed by atoms with Crippen LogP contribution >= 0.6 is 12.4 Å². The zero-order valence-electron chi connectivity index (χ0n) is 21.3. The third-order valence-electron chi connectivity index (χ3n) is 5.91. The van der Waals surface area contributed by atoms with Gasteiger partial charge in [0.25, 0.3) is 5.91 Å². The lowest BCUT2D eigenvalue weighted by Crippen LogP contribution is -2.42. The molecule has 0 aromatic heterocycles. The molecule has 4 aromatic rings. The fraction of sp³-hybridized carbons (Fsp3) is 0.0690. The van der Waals surface area contributed by atoms with Crippen LogP contribution in [-0.2, 0) is 11.2 Å². The molecule has 1 atom stereocenters. The monoisotopic (exact) mass is 576 g/mol. The SMILES string of the molecule is Cl.NC(N)=Nc1ccc(C(=O)Oc2ccc3c(C(=O)N[C@@H](Cc4ccc(C(=O)O)cc4)C(=O)O)cccc3c2)cc1. The quantitative estimate of drug-likeness (QED) is 0.0857. The van der Waals surface area contributed by atoms with Gasteiger partial charge < -0.3 is 31.7 Å². The number of halogens is 1. The summed E-state index contributed by atoms with van der Waals surface area (Å²) in [6.45, 7) is 0. The summed E-state index contributed by atoms with van der Waals surface area (Å²) >= 11 is 0. The van der Waals surface area contributed by atoms with Gasteiger partial charge in [0.2, 0.25) is 0 Å². The van der Waals surface area contributed by atoms with Crippen molar-refractivity contribution in [1.82, 2.24) is 5.32 Å². The molecule has 1 amide bonds. The Labute approximate surface area is 239 Å². The van der Waals surface area contributed by atoms with Crippen molar-refractivity contribution < 1.29 is 34.1 Å². The second-order valence-corrected chi connectivity index (χ2v) is 8.73. The number of benzene rings is 4. The molecular formula is C29H25ClN4O7. The summed E-state index contributed by atoms with van der Waals surface area (Å²) in [5.74, 6) is -3.41. The number of aliphatic carboxylic acids is 1. The van der Waals surface area contributed by atoms with Gasteiger partial charge in [-0.1, -0.05) is 24.3 Å². The van der Waals surface area contributed by atoms with E-state index in [2.05, 4.69) is 10.3 Å². The molecular weight excluding hydrogens is 552 g/mol. The van der Waals surface area contributed by atoms with Crippen molar-refractivity contribution in [3.05, 3.63) is 107 Å². The number of aromatic carboxylic acids is 1. The summed E-state index contributed by atoms with van der Waals surface area (Å²) in [6, 6.07) is 20.3. The number of ether oxygens (including phenoxy) is 1. The minimum atomic E-state index is -1.25. The van der Waals surface area contributed by atoms with E-state index in [1.807, 2.05) is 0 Å². The van der Waals surface area contributed by atoms with Crippen molar-refractivity contribution in [2.24, 2.45) is 16.5 Å². The fourth-order valence-corrected chi connectivity index (χ4v) is 3.97. The van der Waals surface area contributed by atoms with Gasteiger partial charge >= 0.3 is 17.9 Å². The summed E-state index contributed by atoms with van der Waals surface area (Å²) in [5.41, 5.74) is 12.3. The molecule has 0 heterocycles. The zero-order valence-corrected chi connectivity index (χ0v) is 22.1. The average molecular weight is 577 g/mol. The molecule has 0 fully saturated rings. The Balaban J connectivity index is 0.00000462. The van der Waals surface area contributed by atoms with Crippen molar-refractivity contribution in [2.75, 3.05) is 0 Å². The zero-order chi connectivity index (χ0) is 28.8. The highest BCUT2D eigenvalue weighted by Gasteiger charge is 2.22. The van der Waals surface area contributed by atoms with Crippen LogP contribution in [0.1, 0.15) is 36.6 Å². The molecule has 4 rings (SSSR count). The molecule has 0 aliphatic heterocycles. The van der Waals surface area contributed by atoms with E-state index in [1.54, 1.807) is 42.5 Å². The molecule has 0 saturated carbocycles. The van der Waals surface area contributed by atoms with Crippen molar-refractivity contribution in [3.8, 4) is 5.75 Å². The van der Waals surface area contributed by atoms with Crippen molar-refractivity contribution in [3.63, 3.8) is 0 Å². The Bertz CT molecular complexity index is 1630. The van der Waals surface area contributed by atoms with Gasteiger partial charge in [-0.15, -0.1) is 12.4 Å². The lowest BCUT2D eigenvalue weighted by atomic mass is 10.0. The number of carboxylic acids is 2. The lowest BCUT2D eigenvalue weighted by molar-refractivity contribution is -0.139. The molecule has 11 nitrogen and oxygen atoms in total. The molecule has 0 saturated heterocycles. The van der Waals surface area contributed by atoms with Crippen LogP contribution in [0, 0.1) is 0 Å². The van der Waals surface area contributed by atoms with Crippen LogP contribution in [-0.4, -0.2) is 46.0 Å². The lowest BCUT2D eigenvalue weighted by Gasteiger charge is -2.16. The number of carbonyl (C=O) groups excluding carboxylic acids is 2. The van der Waals surface area contributed by atoms with Crippen LogP contribution in [0.5, 0.6) is 5.75 Å². The third kappa shape index (κ3) is 7.58. The van der Waals surface area contributed by atoms with E-state index in [1.165, 1.54) is 42.5 Å². The largest absolute Gasteiger partial charge is 0.480 e. The third-order valence-corrected chi connectivity index (χ3v) is 5.91. The summed E-state index contributed by atoms with van der Waals surface area (Å²) in [5, 5.41) is 22.4. The van der Waals surface area contributed by atoms with Gasteiger partial charge in [-0.2, -0.15) is 0 Å². The minimum absolute atomic E-state index is 0. The minimum Gasteiger partial charge on any atom is -0.480 e. The number of nitrogens with two attached hydrogens (primary N) is 2. The van der Waals surface area contributed by atoms with Gasteiger partial charge in [0.05, 0.1) is 16.8 Å². The predicted octanol–water partition coefficient (Wildman–Crippen LogP) is 3.51. The van der Waals surface area contributed by atoms with E-state index in [-0.39, 0.29) is 47.2 Å². The molecule has 0 unspecified atom stereocenters. The van der Waals surface area contributed by atoms with Crippen LogP contribution in [0.4, 0.5) is 5.69 Å². The van der Waals surface area contributed by atoms with Crippen LogP contribution in [0.2, 0.25) is 0 Å². The molecule has 0 aliphatic carbocycles. The molecule has 0 radical (unpaired) electrons. The van der Waals surface area contributed by atoms with Gasteiger partial charge in [0.1, 0.15) is 11.8 Å². The number of rotatable bonds is 9. The molecule has 41 heavy (non-hydrogen) atoms. The summed E-state index contributed by atoms with van der Waals surface area (Å²) in [4.78, 5) is 52.5. The first-order chi connectivity index (χ1) is 19.1. The first-order valence-corrected chi connectivity index (χ1v) is 11.9. The molecule has 0 bridgehead atoms. The van der Waals surface area contributed by atoms with E-state index < -0.39 is 29.9 Å². The molecule has 12 heteroatoms. The average Bonchev–Trinajstić information content (AvgIpc) is 2.92. The highest BCUT2D eigenvalue weighted by molar-refractivity contribution is 6.08. The maximum Gasteiger partial charge on any atom is 0.343 e. The number of aliphatic imine (C=N–C) groups is 1. The fourth-order valence-electron chi connectivity index (χ4n) is 3.97. The molecule has 7 N–H and O–H groups in total. The number of guanidine groups is 1.